The minimum Gasteiger partial charge on any atom is -0.237 e. The van der Waals surface area contributed by atoms with Crippen LogP contribution in [0.15, 0.2) is 4.90 Å². The van der Waals surface area contributed by atoms with E-state index in [0.29, 0.717) is 5.15 Å². The Kier molecular flexibility index (Phi) is 3.58. The number of terminal acetylenes is 1. The first-order valence-electron chi connectivity index (χ1n) is 3.76. The van der Waals surface area contributed by atoms with Crippen LogP contribution in [0.1, 0.15) is 11.5 Å². The zero-order valence-electron chi connectivity index (χ0n) is 7.25. The summed E-state index contributed by atoms with van der Waals surface area (Å²) in [6.45, 7) is 1.87. The molecule has 0 aromatic carbocycles. The Bertz CT molecular complexity index is 336. The van der Waals surface area contributed by atoms with Gasteiger partial charge in [-0.05, 0) is 6.92 Å². The molecule has 0 fully saturated rings. The van der Waals surface area contributed by atoms with Gasteiger partial charge in [-0.1, -0.05) is 11.6 Å². The third kappa shape index (κ3) is 2.15. The van der Waals surface area contributed by atoms with Crippen LogP contribution in [0, 0.1) is 19.8 Å². The highest BCUT2D eigenvalue weighted by molar-refractivity contribution is 7.99. The first-order chi connectivity index (χ1) is 6.27. The largest absolute Gasteiger partial charge is 0.237 e. The van der Waals surface area contributed by atoms with Gasteiger partial charge in [-0.2, -0.15) is 0 Å². The lowest BCUT2D eigenvalue weighted by atomic mass is 10.3. The molecule has 0 amide bonds. The summed E-state index contributed by atoms with van der Waals surface area (Å²) >= 11 is 7.65. The lowest BCUT2D eigenvalue weighted by Gasteiger charge is -1.99. The summed E-state index contributed by atoms with van der Waals surface area (Å²) in [5.74, 6) is 1.86. The Balaban J connectivity index is 0.000000396. The van der Waals surface area contributed by atoms with Crippen LogP contribution in [0.25, 0.3) is 0 Å². The van der Waals surface area contributed by atoms with Crippen LogP contribution in [0.5, 0.6) is 0 Å². The van der Waals surface area contributed by atoms with E-state index in [-0.39, 0.29) is 0 Å². The Labute approximate surface area is 87.1 Å². The van der Waals surface area contributed by atoms with Gasteiger partial charge in [-0.25, -0.2) is 9.97 Å². The van der Waals surface area contributed by atoms with Crippen molar-refractivity contribution in [2.24, 2.45) is 0 Å². The molecule has 1 aromatic rings. The molecule has 68 valence electrons. The number of aromatic nitrogens is 2. The minimum absolute atomic E-state index is 0.620. The molecule has 0 aliphatic carbocycles. The first-order valence-corrected chi connectivity index (χ1v) is 5.13. The molecular formula is C9H9ClN2S. The third-order valence-corrected chi connectivity index (χ3v) is 3.10. The van der Waals surface area contributed by atoms with E-state index in [4.69, 9.17) is 11.6 Å². The van der Waals surface area contributed by atoms with E-state index in [1.54, 1.807) is 11.8 Å². The van der Waals surface area contributed by atoms with Gasteiger partial charge in [0.15, 0.2) is 0 Å². The van der Waals surface area contributed by atoms with E-state index >= 15 is 0 Å². The van der Waals surface area contributed by atoms with Crippen molar-refractivity contribution in [1.29, 1.82) is 0 Å². The van der Waals surface area contributed by atoms with E-state index in [1.807, 2.05) is 6.92 Å². The number of thioether (sulfide) groups is 1. The molecule has 0 N–H and O–H groups in total. The van der Waals surface area contributed by atoms with Crippen molar-refractivity contribution in [3.8, 4) is 12.8 Å². The van der Waals surface area contributed by atoms with E-state index in [9.17, 15) is 0 Å². The maximum Gasteiger partial charge on any atom is 0.146 e. The molecule has 0 radical (unpaired) electrons. The smallest absolute Gasteiger partial charge is 0.146 e. The summed E-state index contributed by atoms with van der Waals surface area (Å²) in [7, 11) is 0. The van der Waals surface area contributed by atoms with Crippen molar-refractivity contribution in [3.63, 3.8) is 0 Å². The van der Waals surface area contributed by atoms with Crippen molar-refractivity contribution in [2.75, 3.05) is 5.75 Å². The van der Waals surface area contributed by atoms with Crippen LogP contribution >= 0.6 is 23.4 Å². The summed E-state index contributed by atoms with van der Waals surface area (Å²) in [5, 5.41) is 0.620. The third-order valence-electron chi connectivity index (χ3n) is 1.59. The second kappa shape index (κ2) is 4.50. The van der Waals surface area contributed by atoms with Gasteiger partial charge in [0.2, 0.25) is 0 Å². The van der Waals surface area contributed by atoms with Gasteiger partial charge in [0.25, 0.3) is 0 Å². The van der Waals surface area contributed by atoms with E-state index in [0.717, 1.165) is 28.6 Å². The molecule has 2 nitrogen and oxygen atoms in total. The number of aryl methyl sites for hydroxylation is 2. The van der Waals surface area contributed by atoms with Crippen molar-refractivity contribution in [2.45, 2.75) is 18.2 Å². The number of hydrogen-bond donors (Lipinski definition) is 0. The molecule has 4 heteroatoms. The fourth-order valence-electron chi connectivity index (χ4n) is 1.15. The SMILES string of the molecule is C#C.Cc1nc(Cl)c2c(n1)CCS2. The van der Waals surface area contributed by atoms with Crippen LogP contribution in [0.3, 0.4) is 0 Å². The Hall–Kier alpha value is -0.720. The average molecular weight is 213 g/mol. The molecule has 0 unspecified atom stereocenters. The quantitative estimate of drug-likeness (QED) is 0.488. The van der Waals surface area contributed by atoms with Crippen LogP contribution in [-0.2, 0) is 6.42 Å². The molecular weight excluding hydrogens is 204 g/mol. The molecule has 0 bridgehead atoms. The lowest BCUT2D eigenvalue weighted by molar-refractivity contribution is 0.926. The molecule has 0 saturated carbocycles. The highest BCUT2D eigenvalue weighted by Crippen LogP contribution is 2.34. The Morgan fingerprint density at radius 1 is 1.38 bits per heavy atom. The number of rotatable bonds is 0. The van der Waals surface area contributed by atoms with Gasteiger partial charge >= 0.3 is 0 Å². The average Bonchev–Trinajstić information content (AvgIpc) is 2.55. The predicted molar refractivity (Wildman–Crippen MR) is 56.1 cm³/mol. The van der Waals surface area contributed by atoms with E-state index in [2.05, 4.69) is 22.8 Å². The van der Waals surface area contributed by atoms with Gasteiger partial charge in [0.05, 0.1) is 10.6 Å². The molecule has 13 heavy (non-hydrogen) atoms. The number of halogens is 1. The predicted octanol–water partition coefficient (Wildman–Crippen LogP) is 2.34. The first kappa shape index (κ1) is 10.4. The maximum atomic E-state index is 5.90. The summed E-state index contributed by atoms with van der Waals surface area (Å²) in [6.07, 6.45) is 9.03. The fourth-order valence-corrected chi connectivity index (χ4v) is 2.52. The van der Waals surface area contributed by atoms with Crippen molar-refractivity contribution in [1.82, 2.24) is 9.97 Å². The molecule has 2 heterocycles. The zero-order chi connectivity index (χ0) is 9.84. The number of nitrogens with zero attached hydrogens (tertiary/aromatic N) is 2. The van der Waals surface area contributed by atoms with Crippen LogP contribution in [0.4, 0.5) is 0 Å². The summed E-state index contributed by atoms with van der Waals surface area (Å²) in [5.41, 5.74) is 1.12. The Morgan fingerprint density at radius 3 is 2.77 bits per heavy atom. The van der Waals surface area contributed by atoms with Crippen LogP contribution in [-0.4, -0.2) is 15.7 Å². The van der Waals surface area contributed by atoms with Crippen molar-refractivity contribution in [3.05, 3.63) is 16.7 Å². The summed E-state index contributed by atoms with van der Waals surface area (Å²) in [6, 6.07) is 0. The Morgan fingerprint density at radius 2 is 2.08 bits per heavy atom. The minimum atomic E-state index is 0.620. The summed E-state index contributed by atoms with van der Waals surface area (Å²) in [4.78, 5) is 9.46. The van der Waals surface area contributed by atoms with E-state index in [1.165, 1.54) is 0 Å². The highest BCUT2D eigenvalue weighted by atomic mass is 35.5. The highest BCUT2D eigenvalue weighted by Gasteiger charge is 2.17. The standard InChI is InChI=1S/C7H7ClN2S.C2H2/c1-4-9-5-2-3-11-6(5)7(8)10-4;1-2/h2-3H2,1H3;1-2H. The molecule has 0 spiro atoms. The zero-order valence-corrected chi connectivity index (χ0v) is 8.82. The molecule has 1 aliphatic rings. The number of hydrogen-bond acceptors (Lipinski definition) is 3. The van der Waals surface area contributed by atoms with Gasteiger partial charge in [0, 0.05) is 12.2 Å². The van der Waals surface area contributed by atoms with Gasteiger partial charge in [-0.3, -0.25) is 0 Å². The molecule has 1 aromatic heterocycles. The summed E-state index contributed by atoms with van der Waals surface area (Å²) < 4.78 is 0. The van der Waals surface area contributed by atoms with Crippen LogP contribution in [0.2, 0.25) is 5.15 Å². The normalized spacial score (nSPS) is 12.9. The van der Waals surface area contributed by atoms with Crippen molar-refractivity contribution >= 4 is 23.4 Å². The molecule has 0 atom stereocenters. The second-order valence-corrected chi connectivity index (χ2v) is 3.90. The molecule has 0 saturated heterocycles. The topological polar surface area (TPSA) is 25.8 Å². The monoisotopic (exact) mass is 212 g/mol. The van der Waals surface area contributed by atoms with Gasteiger partial charge in [0.1, 0.15) is 11.0 Å². The molecule has 2 rings (SSSR count). The number of fused-ring (bicyclic) bond motifs is 1. The van der Waals surface area contributed by atoms with Crippen molar-refractivity contribution < 1.29 is 0 Å². The fraction of sp³-hybridized carbons (Fsp3) is 0.333. The maximum absolute atomic E-state index is 5.90. The van der Waals surface area contributed by atoms with Gasteiger partial charge < -0.3 is 0 Å². The van der Waals surface area contributed by atoms with E-state index < -0.39 is 0 Å². The molecule has 1 aliphatic heterocycles. The van der Waals surface area contributed by atoms with Gasteiger partial charge in [-0.15, -0.1) is 24.6 Å². The lowest BCUT2D eigenvalue weighted by Crippen LogP contribution is -1.94. The van der Waals surface area contributed by atoms with Crippen LogP contribution < -0.4 is 0 Å². The second-order valence-electron chi connectivity index (χ2n) is 2.44.